The molecule has 0 saturated heterocycles. The summed E-state index contributed by atoms with van der Waals surface area (Å²) in [5.74, 6) is -0.330. The Bertz CT molecular complexity index is 523. The lowest BCUT2D eigenvalue weighted by Gasteiger charge is -2.29. The van der Waals surface area contributed by atoms with Crippen LogP contribution in [0.15, 0.2) is 42.0 Å². The molecule has 2 unspecified atom stereocenters. The summed E-state index contributed by atoms with van der Waals surface area (Å²) in [4.78, 5) is 0. The van der Waals surface area contributed by atoms with Crippen LogP contribution in [0.5, 0.6) is 0 Å². The van der Waals surface area contributed by atoms with Crippen LogP contribution in [0.25, 0.3) is 0 Å². The molecular formula is C20H29NO2. The molecule has 0 saturated carbocycles. The molecule has 0 heterocycles. The highest BCUT2D eigenvalue weighted by Gasteiger charge is 2.30. The van der Waals surface area contributed by atoms with E-state index in [1.54, 1.807) is 0 Å². The fourth-order valence-corrected chi connectivity index (χ4v) is 2.33. The molecule has 23 heavy (non-hydrogen) atoms. The normalized spacial score (nSPS) is 15.0. The van der Waals surface area contributed by atoms with Gasteiger partial charge in [0.1, 0.15) is 0 Å². The van der Waals surface area contributed by atoms with E-state index < -0.39 is 6.10 Å². The molecule has 0 aliphatic rings. The van der Waals surface area contributed by atoms with Crippen LogP contribution in [0.4, 0.5) is 0 Å². The average molecular weight is 315 g/mol. The summed E-state index contributed by atoms with van der Waals surface area (Å²) in [6, 6.07) is 12.3. The number of nitriles is 1. The maximum Gasteiger partial charge on any atom is 0.0746 e. The van der Waals surface area contributed by atoms with Gasteiger partial charge in [0, 0.05) is 0 Å². The van der Waals surface area contributed by atoms with Gasteiger partial charge in [0.15, 0.2) is 0 Å². The Morgan fingerprint density at radius 2 is 1.96 bits per heavy atom. The zero-order valence-corrected chi connectivity index (χ0v) is 14.7. The third-order valence-corrected chi connectivity index (χ3v) is 3.95. The molecule has 0 amide bonds. The minimum Gasteiger partial charge on any atom is -0.391 e. The quantitative estimate of drug-likeness (QED) is 0.568. The summed E-state index contributed by atoms with van der Waals surface area (Å²) in [6.45, 7) is 9.10. The molecule has 3 nitrogen and oxygen atoms in total. The van der Waals surface area contributed by atoms with Crippen molar-refractivity contribution in [3.8, 4) is 6.07 Å². The maximum atomic E-state index is 10.2. The molecule has 0 fully saturated rings. The molecular weight excluding hydrogens is 286 g/mol. The van der Waals surface area contributed by atoms with Crippen molar-refractivity contribution in [1.29, 1.82) is 5.26 Å². The van der Waals surface area contributed by atoms with Gasteiger partial charge in [-0.3, -0.25) is 0 Å². The third kappa shape index (κ3) is 7.45. The molecule has 1 aromatic rings. The number of benzene rings is 1. The largest absolute Gasteiger partial charge is 0.391 e. The van der Waals surface area contributed by atoms with Crippen molar-refractivity contribution in [2.24, 2.45) is 11.3 Å². The van der Waals surface area contributed by atoms with Gasteiger partial charge in [-0.05, 0) is 30.7 Å². The van der Waals surface area contributed by atoms with Gasteiger partial charge in [-0.1, -0.05) is 62.8 Å². The second-order valence-corrected chi connectivity index (χ2v) is 7.14. The molecule has 1 N–H and O–H groups in total. The molecule has 1 aromatic carbocycles. The molecule has 0 aliphatic carbocycles. The number of rotatable bonds is 8. The Labute approximate surface area is 140 Å². The van der Waals surface area contributed by atoms with Crippen molar-refractivity contribution in [3.05, 3.63) is 47.5 Å². The van der Waals surface area contributed by atoms with E-state index in [0.717, 1.165) is 12.0 Å². The molecule has 3 heteroatoms. The Kier molecular flexibility index (Phi) is 8.02. The van der Waals surface area contributed by atoms with Gasteiger partial charge in [0.05, 0.1) is 31.3 Å². The zero-order chi connectivity index (χ0) is 17.3. The van der Waals surface area contributed by atoms with E-state index in [1.807, 2.05) is 58.0 Å². The van der Waals surface area contributed by atoms with Gasteiger partial charge in [-0.25, -0.2) is 0 Å². The van der Waals surface area contributed by atoms with Crippen LogP contribution in [0.3, 0.4) is 0 Å². The summed E-state index contributed by atoms with van der Waals surface area (Å²) >= 11 is 0. The van der Waals surface area contributed by atoms with Crippen LogP contribution in [0, 0.1) is 22.7 Å². The van der Waals surface area contributed by atoms with Crippen LogP contribution in [-0.2, 0) is 11.3 Å². The number of nitrogens with zero attached hydrogens (tertiary/aromatic N) is 1. The number of ether oxygens (including phenoxy) is 1. The van der Waals surface area contributed by atoms with E-state index >= 15 is 0 Å². The van der Waals surface area contributed by atoms with Gasteiger partial charge in [-0.15, -0.1) is 0 Å². The molecule has 0 spiro atoms. The fraction of sp³-hybridized carbons (Fsp3) is 0.550. The monoisotopic (exact) mass is 315 g/mol. The van der Waals surface area contributed by atoms with Gasteiger partial charge >= 0.3 is 0 Å². The van der Waals surface area contributed by atoms with Crippen molar-refractivity contribution in [2.45, 2.75) is 53.2 Å². The van der Waals surface area contributed by atoms with E-state index in [4.69, 9.17) is 4.74 Å². The second-order valence-electron chi connectivity index (χ2n) is 7.14. The average Bonchev–Trinajstić information content (AvgIpc) is 2.52. The zero-order valence-electron chi connectivity index (χ0n) is 14.7. The van der Waals surface area contributed by atoms with E-state index in [-0.39, 0.29) is 11.3 Å². The lowest BCUT2D eigenvalue weighted by atomic mass is 9.80. The minimum absolute atomic E-state index is 0.267. The van der Waals surface area contributed by atoms with E-state index in [1.165, 1.54) is 5.57 Å². The standard InChI is InChI=1S/C20H29NO2/c1-16(10-11-18(14-21)19(22)20(2,3)4)12-13-23-15-17-8-6-5-7-9-17/h5-9,12,18-19,22H,10-11,13,15H2,1-4H3/b16-12-. The topological polar surface area (TPSA) is 53.2 Å². The summed E-state index contributed by atoms with van der Waals surface area (Å²) in [5.41, 5.74) is 2.09. The fourth-order valence-electron chi connectivity index (χ4n) is 2.33. The van der Waals surface area contributed by atoms with Gasteiger partial charge in [0.2, 0.25) is 0 Å². The molecule has 126 valence electrons. The van der Waals surface area contributed by atoms with Crippen molar-refractivity contribution in [3.63, 3.8) is 0 Å². The highest BCUT2D eigenvalue weighted by atomic mass is 16.5. The van der Waals surface area contributed by atoms with E-state index in [0.29, 0.717) is 19.6 Å². The molecule has 0 aliphatic heterocycles. The highest BCUT2D eigenvalue weighted by molar-refractivity contribution is 5.13. The smallest absolute Gasteiger partial charge is 0.0746 e. The molecule has 1 rings (SSSR count). The summed E-state index contributed by atoms with van der Waals surface area (Å²) in [7, 11) is 0. The van der Waals surface area contributed by atoms with Crippen LogP contribution in [0.1, 0.15) is 46.1 Å². The Morgan fingerprint density at radius 3 is 2.52 bits per heavy atom. The lowest BCUT2D eigenvalue weighted by molar-refractivity contribution is 0.0279. The van der Waals surface area contributed by atoms with E-state index in [2.05, 4.69) is 12.1 Å². The van der Waals surface area contributed by atoms with Gasteiger partial charge < -0.3 is 9.84 Å². The second kappa shape index (κ2) is 9.50. The Morgan fingerprint density at radius 1 is 1.30 bits per heavy atom. The van der Waals surface area contributed by atoms with Crippen molar-refractivity contribution in [2.75, 3.05) is 6.61 Å². The Balaban J connectivity index is 2.34. The first-order valence-corrected chi connectivity index (χ1v) is 8.19. The predicted molar refractivity (Wildman–Crippen MR) is 93.7 cm³/mol. The molecule has 0 radical (unpaired) electrons. The van der Waals surface area contributed by atoms with Crippen molar-refractivity contribution in [1.82, 2.24) is 0 Å². The number of aliphatic hydroxyl groups excluding tert-OH is 1. The predicted octanol–water partition coefficient (Wildman–Crippen LogP) is 4.48. The number of aliphatic hydroxyl groups is 1. The first kappa shape index (κ1) is 19.4. The summed E-state index contributed by atoms with van der Waals surface area (Å²) in [5, 5.41) is 19.5. The molecule has 2 atom stereocenters. The first-order chi connectivity index (χ1) is 10.8. The SMILES string of the molecule is C/C(=C/COCc1ccccc1)CCC(C#N)C(O)C(C)(C)C. The van der Waals surface area contributed by atoms with Crippen LogP contribution >= 0.6 is 0 Å². The van der Waals surface area contributed by atoms with Crippen molar-refractivity contribution < 1.29 is 9.84 Å². The summed E-state index contributed by atoms with van der Waals surface area (Å²) < 4.78 is 5.63. The number of allylic oxidation sites excluding steroid dienone is 1. The van der Waals surface area contributed by atoms with E-state index in [9.17, 15) is 10.4 Å². The lowest BCUT2D eigenvalue weighted by Crippen LogP contribution is -2.33. The highest BCUT2D eigenvalue weighted by Crippen LogP contribution is 2.28. The first-order valence-electron chi connectivity index (χ1n) is 8.19. The number of hydrogen-bond donors (Lipinski definition) is 1. The van der Waals surface area contributed by atoms with Gasteiger partial charge in [-0.2, -0.15) is 5.26 Å². The van der Waals surface area contributed by atoms with Crippen LogP contribution < -0.4 is 0 Å². The third-order valence-electron chi connectivity index (χ3n) is 3.95. The maximum absolute atomic E-state index is 10.2. The van der Waals surface area contributed by atoms with Gasteiger partial charge in [0.25, 0.3) is 0 Å². The van der Waals surface area contributed by atoms with Crippen LogP contribution in [0.2, 0.25) is 0 Å². The molecule has 0 bridgehead atoms. The van der Waals surface area contributed by atoms with Crippen molar-refractivity contribution >= 4 is 0 Å². The molecule has 0 aromatic heterocycles. The van der Waals surface area contributed by atoms with Crippen LogP contribution in [-0.4, -0.2) is 17.8 Å². The minimum atomic E-state index is -0.602. The number of hydrogen-bond acceptors (Lipinski definition) is 3. The summed E-state index contributed by atoms with van der Waals surface area (Å²) in [6.07, 6.45) is 2.94. The Hall–Kier alpha value is -1.63.